The second-order valence-electron chi connectivity index (χ2n) is 6.17. The van der Waals surface area contributed by atoms with E-state index < -0.39 is 51.7 Å². The number of ether oxygens (including phenoxy) is 1. The van der Waals surface area contributed by atoms with Crippen LogP contribution >= 0.6 is 0 Å². The maximum atomic E-state index is 14.2. The van der Waals surface area contributed by atoms with Crippen LogP contribution in [-0.4, -0.2) is 33.8 Å². The molecule has 26 heavy (non-hydrogen) atoms. The van der Waals surface area contributed by atoms with Gasteiger partial charge in [0.05, 0.1) is 18.0 Å². The second-order valence-corrected chi connectivity index (χ2v) is 6.17. The Labute approximate surface area is 146 Å². The number of rotatable bonds is 6. The minimum atomic E-state index is -1.61. The molecule has 1 atom stereocenters. The van der Waals surface area contributed by atoms with E-state index in [0.29, 0.717) is 6.07 Å². The number of carbonyl (C=O) groups is 2. The van der Waals surface area contributed by atoms with Crippen LogP contribution in [0.5, 0.6) is 5.75 Å². The summed E-state index contributed by atoms with van der Waals surface area (Å²) in [5, 5.41) is 18.3. The number of nitrogens with zero attached hydrogens (tertiary/aromatic N) is 1. The lowest BCUT2D eigenvalue weighted by molar-refractivity contribution is -0.141. The highest BCUT2D eigenvalue weighted by atomic mass is 19.2. The number of aromatic carboxylic acids is 1. The molecule has 0 aliphatic heterocycles. The Morgan fingerprint density at radius 3 is 2.35 bits per heavy atom. The molecule has 0 spiro atoms. The molecule has 0 amide bonds. The Balaban J connectivity index is 3.06. The number of benzene rings is 1. The van der Waals surface area contributed by atoms with Crippen molar-refractivity contribution < 1.29 is 33.3 Å². The third-order valence-corrected chi connectivity index (χ3v) is 3.92. The number of aromatic nitrogens is 1. The van der Waals surface area contributed by atoms with Gasteiger partial charge in [-0.3, -0.25) is 4.79 Å². The molecule has 0 aliphatic carbocycles. The standard InChI is InChI=1S/C17H17F2NO6/c1-7(2)4-11(17(24)25)20-6-9(16(22)23)14(21)8-5-10(18)12(19)15(26-3)13(8)20/h5-7,11H,4H2,1-3H3,(H,22,23)(H,24,25)/t11-/m0/s1. The third kappa shape index (κ3) is 3.24. The quantitative estimate of drug-likeness (QED) is 0.811. The van der Waals surface area contributed by atoms with Crippen LogP contribution in [0.4, 0.5) is 8.78 Å². The van der Waals surface area contributed by atoms with E-state index in [4.69, 9.17) is 4.74 Å². The van der Waals surface area contributed by atoms with E-state index in [1.165, 1.54) is 0 Å². The van der Waals surface area contributed by atoms with Crippen molar-refractivity contribution in [2.24, 2.45) is 5.92 Å². The van der Waals surface area contributed by atoms with Crippen molar-refractivity contribution >= 4 is 22.8 Å². The SMILES string of the molecule is COc1c(F)c(F)cc2c(=O)c(C(=O)O)cn([C@@H](CC(C)C)C(=O)O)c12. The lowest BCUT2D eigenvalue weighted by Crippen LogP contribution is -2.26. The summed E-state index contributed by atoms with van der Waals surface area (Å²) in [7, 11) is 1.04. The van der Waals surface area contributed by atoms with E-state index in [1.54, 1.807) is 13.8 Å². The van der Waals surface area contributed by atoms with Gasteiger partial charge in [0.1, 0.15) is 11.6 Å². The van der Waals surface area contributed by atoms with Crippen LogP contribution in [0.1, 0.15) is 36.7 Å². The van der Waals surface area contributed by atoms with Crippen molar-refractivity contribution in [3.63, 3.8) is 0 Å². The normalized spacial score (nSPS) is 12.4. The predicted molar refractivity (Wildman–Crippen MR) is 87.8 cm³/mol. The average molecular weight is 369 g/mol. The molecular formula is C17H17F2NO6. The van der Waals surface area contributed by atoms with Crippen LogP contribution in [0, 0.1) is 17.6 Å². The molecule has 0 saturated carbocycles. The molecule has 1 aromatic heterocycles. The predicted octanol–water partition coefficient (Wildman–Crippen LogP) is 2.66. The van der Waals surface area contributed by atoms with Gasteiger partial charge in [0.25, 0.3) is 0 Å². The first kappa shape index (κ1) is 19.4. The summed E-state index contributed by atoms with van der Waals surface area (Å²) in [6.07, 6.45) is 0.891. The lowest BCUT2D eigenvalue weighted by Gasteiger charge is -2.22. The van der Waals surface area contributed by atoms with Gasteiger partial charge in [-0.05, 0) is 18.4 Å². The molecule has 140 valence electrons. The van der Waals surface area contributed by atoms with Crippen molar-refractivity contribution in [1.29, 1.82) is 0 Å². The van der Waals surface area contributed by atoms with Crippen LogP contribution in [0.2, 0.25) is 0 Å². The summed E-state index contributed by atoms with van der Waals surface area (Å²) in [6, 6.07) is -0.762. The molecule has 9 heteroatoms. The first-order valence-corrected chi connectivity index (χ1v) is 7.67. The third-order valence-electron chi connectivity index (χ3n) is 3.92. The maximum absolute atomic E-state index is 14.2. The number of carboxylic acids is 2. The zero-order chi connectivity index (χ0) is 19.8. The smallest absolute Gasteiger partial charge is 0.341 e. The van der Waals surface area contributed by atoms with Crippen molar-refractivity contribution in [1.82, 2.24) is 4.57 Å². The zero-order valence-electron chi connectivity index (χ0n) is 14.2. The topological polar surface area (TPSA) is 106 Å². The van der Waals surface area contributed by atoms with Crippen LogP contribution in [0.3, 0.4) is 0 Å². The molecule has 1 heterocycles. The van der Waals surface area contributed by atoms with Gasteiger partial charge in [-0.15, -0.1) is 0 Å². The number of hydrogen-bond donors (Lipinski definition) is 2. The van der Waals surface area contributed by atoms with Crippen molar-refractivity contribution in [2.45, 2.75) is 26.3 Å². The second kappa shape index (κ2) is 7.11. The molecular weight excluding hydrogens is 352 g/mol. The lowest BCUT2D eigenvalue weighted by atomic mass is 10.0. The fourth-order valence-electron chi connectivity index (χ4n) is 2.79. The molecule has 2 rings (SSSR count). The summed E-state index contributed by atoms with van der Waals surface area (Å²) >= 11 is 0. The van der Waals surface area contributed by atoms with Crippen LogP contribution in [-0.2, 0) is 4.79 Å². The molecule has 0 aliphatic rings. The van der Waals surface area contributed by atoms with Crippen LogP contribution in [0.15, 0.2) is 17.1 Å². The van der Waals surface area contributed by atoms with Gasteiger partial charge in [0.15, 0.2) is 11.6 Å². The van der Waals surface area contributed by atoms with E-state index in [1.807, 2.05) is 0 Å². The molecule has 2 aromatic rings. The first-order valence-electron chi connectivity index (χ1n) is 7.67. The summed E-state index contributed by atoms with van der Waals surface area (Å²) in [4.78, 5) is 35.5. The Bertz CT molecular complexity index is 951. The van der Waals surface area contributed by atoms with Crippen LogP contribution in [0.25, 0.3) is 10.9 Å². The van der Waals surface area contributed by atoms with E-state index >= 15 is 0 Å². The summed E-state index contributed by atoms with van der Waals surface area (Å²) in [6.45, 7) is 3.49. The number of carboxylic acid groups (broad SMARTS) is 2. The highest BCUT2D eigenvalue weighted by Crippen LogP contribution is 2.33. The fraction of sp³-hybridized carbons (Fsp3) is 0.353. The number of hydrogen-bond acceptors (Lipinski definition) is 4. The van der Waals surface area contributed by atoms with Gasteiger partial charge in [0.2, 0.25) is 11.2 Å². The van der Waals surface area contributed by atoms with Crippen molar-refractivity contribution in [3.05, 3.63) is 39.7 Å². The van der Waals surface area contributed by atoms with Gasteiger partial charge in [-0.2, -0.15) is 4.39 Å². The maximum Gasteiger partial charge on any atom is 0.341 e. The molecule has 0 saturated heterocycles. The number of aliphatic carboxylic acids is 1. The van der Waals surface area contributed by atoms with Gasteiger partial charge in [0, 0.05) is 6.20 Å². The average Bonchev–Trinajstić information content (AvgIpc) is 2.54. The molecule has 1 aromatic carbocycles. The Morgan fingerprint density at radius 2 is 1.88 bits per heavy atom. The number of halogens is 2. The Kier molecular flexibility index (Phi) is 5.29. The molecule has 0 fully saturated rings. The Morgan fingerprint density at radius 1 is 1.27 bits per heavy atom. The van der Waals surface area contributed by atoms with E-state index in [2.05, 4.69) is 0 Å². The van der Waals surface area contributed by atoms with Crippen molar-refractivity contribution in [2.75, 3.05) is 7.11 Å². The van der Waals surface area contributed by atoms with Crippen molar-refractivity contribution in [3.8, 4) is 5.75 Å². The van der Waals surface area contributed by atoms with Gasteiger partial charge in [-0.25, -0.2) is 14.0 Å². The summed E-state index contributed by atoms with van der Waals surface area (Å²) in [5.41, 5.74) is -2.12. The minimum Gasteiger partial charge on any atom is -0.491 e. The molecule has 0 unspecified atom stereocenters. The zero-order valence-corrected chi connectivity index (χ0v) is 14.2. The number of methoxy groups -OCH3 is 1. The van der Waals surface area contributed by atoms with Crippen LogP contribution < -0.4 is 10.2 Å². The monoisotopic (exact) mass is 369 g/mol. The Hall–Kier alpha value is -2.97. The van der Waals surface area contributed by atoms with E-state index in [9.17, 15) is 33.4 Å². The van der Waals surface area contributed by atoms with E-state index in [0.717, 1.165) is 17.9 Å². The summed E-state index contributed by atoms with van der Waals surface area (Å²) < 4.78 is 33.8. The van der Waals surface area contributed by atoms with Gasteiger partial charge in [-0.1, -0.05) is 13.8 Å². The fourth-order valence-corrected chi connectivity index (χ4v) is 2.79. The van der Waals surface area contributed by atoms with E-state index in [-0.39, 0.29) is 17.9 Å². The number of fused-ring (bicyclic) bond motifs is 1. The first-order chi connectivity index (χ1) is 12.1. The summed E-state index contributed by atoms with van der Waals surface area (Å²) in [5.74, 6) is -6.50. The molecule has 0 bridgehead atoms. The number of pyridine rings is 1. The molecule has 2 N–H and O–H groups in total. The van der Waals surface area contributed by atoms with Gasteiger partial charge < -0.3 is 19.5 Å². The van der Waals surface area contributed by atoms with Gasteiger partial charge >= 0.3 is 11.9 Å². The largest absolute Gasteiger partial charge is 0.491 e. The minimum absolute atomic E-state index is 0.0640. The highest BCUT2D eigenvalue weighted by Gasteiger charge is 2.28. The highest BCUT2D eigenvalue weighted by molar-refractivity contribution is 5.95. The molecule has 7 nitrogen and oxygen atoms in total. The molecule has 0 radical (unpaired) electrons.